The molecule has 3 nitrogen and oxygen atoms in total. The summed E-state index contributed by atoms with van der Waals surface area (Å²) in [6.45, 7) is 16.2. The predicted octanol–water partition coefficient (Wildman–Crippen LogP) is 9.50. The molecule has 0 aliphatic heterocycles. The molecule has 1 atom stereocenters. The molecule has 0 fully saturated rings. The molecule has 0 bridgehead atoms. The molecule has 0 aromatic rings. The SMILES string of the molecule is CCCCCCC(C/C=[CH]/[Sn]([CH2]CCC)([CH2]CCC)[CH2]CCC)(O[Si](C)(C)C)C(OC)OC. The van der Waals surface area contributed by atoms with Crippen molar-refractivity contribution in [3.8, 4) is 0 Å². The van der Waals surface area contributed by atoms with Crippen molar-refractivity contribution in [3.05, 3.63) is 10.2 Å². The first kappa shape index (κ1) is 33.6. The first-order chi connectivity index (χ1) is 15.7. The van der Waals surface area contributed by atoms with Gasteiger partial charge in [-0.1, -0.05) is 0 Å². The monoisotopic (exact) mass is 592 g/mol. The standard InChI is InChI=1S/C16H33O3Si.3C4H9.Sn/c1-8-10-11-12-14-16(13-9-2,15(17-3)18-4)19-20(5,6)7;3*1-3-4-2;/h2,9,15H,8,10-14H2,1,3-7H3;3*1,3-4H2,2H3;. The third-order valence-corrected chi connectivity index (χ3v) is 22.1. The van der Waals surface area contributed by atoms with Gasteiger partial charge in [0, 0.05) is 0 Å². The van der Waals surface area contributed by atoms with Crippen LogP contribution in [0.1, 0.15) is 105 Å². The topological polar surface area (TPSA) is 27.7 Å². The Balaban J connectivity index is 5.99. The van der Waals surface area contributed by atoms with Crippen molar-refractivity contribution < 1.29 is 13.9 Å². The van der Waals surface area contributed by atoms with E-state index in [0.717, 1.165) is 12.8 Å². The Labute approximate surface area is 213 Å². The first-order valence-electron chi connectivity index (χ1n) is 14.1. The summed E-state index contributed by atoms with van der Waals surface area (Å²) in [6, 6.07) is 0. The van der Waals surface area contributed by atoms with Crippen LogP contribution in [0.5, 0.6) is 0 Å². The van der Waals surface area contributed by atoms with E-state index in [0.29, 0.717) is 0 Å². The molecule has 0 amide bonds. The quantitative estimate of drug-likeness (QED) is 0.0713. The van der Waals surface area contributed by atoms with Gasteiger partial charge in [-0.2, -0.15) is 0 Å². The molecule has 0 saturated carbocycles. The number of unbranched alkanes of at least 4 members (excludes halogenated alkanes) is 6. The van der Waals surface area contributed by atoms with Gasteiger partial charge in [0.15, 0.2) is 0 Å². The Morgan fingerprint density at radius 1 is 0.727 bits per heavy atom. The Morgan fingerprint density at radius 2 is 1.21 bits per heavy atom. The number of hydrogen-bond donors (Lipinski definition) is 0. The van der Waals surface area contributed by atoms with E-state index in [4.69, 9.17) is 13.9 Å². The van der Waals surface area contributed by atoms with Gasteiger partial charge in [0.05, 0.1) is 0 Å². The summed E-state index contributed by atoms with van der Waals surface area (Å²) in [5.74, 6) is 0. The normalized spacial score (nSPS) is 15.0. The molecule has 198 valence electrons. The molecule has 5 heteroatoms. The van der Waals surface area contributed by atoms with E-state index in [1.54, 1.807) is 14.2 Å². The molecule has 1 unspecified atom stereocenters. The fourth-order valence-corrected chi connectivity index (χ4v) is 21.1. The average molecular weight is 592 g/mol. The van der Waals surface area contributed by atoms with Crippen LogP contribution in [-0.2, 0) is 13.9 Å². The molecule has 0 aliphatic rings. The summed E-state index contributed by atoms with van der Waals surface area (Å²) < 4.78 is 26.1. The zero-order chi connectivity index (χ0) is 25.2. The van der Waals surface area contributed by atoms with E-state index in [1.165, 1.54) is 77.5 Å². The maximum atomic E-state index is 6.97. The van der Waals surface area contributed by atoms with Gasteiger partial charge in [-0.25, -0.2) is 0 Å². The van der Waals surface area contributed by atoms with Crippen molar-refractivity contribution in [2.24, 2.45) is 0 Å². The molecule has 0 saturated heterocycles. The summed E-state index contributed by atoms with van der Waals surface area (Å²) in [4.78, 5) is 0. The van der Waals surface area contributed by atoms with Crippen molar-refractivity contribution in [2.75, 3.05) is 14.2 Å². The van der Waals surface area contributed by atoms with Gasteiger partial charge in [-0.3, -0.25) is 0 Å². The van der Waals surface area contributed by atoms with Crippen LogP contribution in [0, 0.1) is 0 Å². The third kappa shape index (κ3) is 14.1. The molecule has 0 spiro atoms. The molecule has 0 aromatic carbocycles. The fraction of sp³-hybridized carbons (Fsp3) is 0.929. The van der Waals surface area contributed by atoms with Gasteiger partial charge >= 0.3 is 215 Å². The predicted molar refractivity (Wildman–Crippen MR) is 152 cm³/mol. The summed E-state index contributed by atoms with van der Waals surface area (Å²) in [6.07, 6.45) is 17.3. The number of methoxy groups -OCH3 is 2. The van der Waals surface area contributed by atoms with E-state index < -0.39 is 26.7 Å². The minimum atomic E-state index is -2.32. The van der Waals surface area contributed by atoms with E-state index >= 15 is 0 Å². The molecule has 0 aliphatic carbocycles. The van der Waals surface area contributed by atoms with Gasteiger partial charge in [-0.05, 0) is 0 Å². The molecule has 0 radical (unpaired) electrons. The first-order valence-corrected chi connectivity index (χ1v) is 25.2. The van der Waals surface area contributed by atoms with E-state index in [9.17, 15) is 0 Å². The summed E-state index contributed by atoms with van der Waals surface area (Å²) in [5, 5.41) is 0. The van der Waals surface area contributed by atoms with Crippen LogP contribution >= 0.6 is 0 Å². The van der Waals surface area contributed by atoms with Crippen molar-refractivity contribution in [2.45, 2.75) is 150 Å². The number of rotatable bonds is 22. The fourth-order valence-electron chi connectivity index (χ4n) is 5.16. The maximum absolute atomic E-state index is 6.97. The molecular weight excluding hydrogens is 531 g/mol. The summed E-state index contributed by atoms with van der Waals surface area (Å²) in [5.41, 5.74) is -0.379. The molecule has 0 rings (SSSR count). The van der Waals surface area contributed by atoms with Crippen molar-refractivity contribution in [3.63, 3.8) is 0 Å². The Kier molecular flexibility index (Phi) is 19.2. The second kappa shape index (κ2) is 18.8. The van der Waals surface area contributed by atoms with Crippen LogP contribution in [-0.4, -0.2) is 52.8 Å². The Bertz CT molecular complexity index is 466. The van der Waals surface area contributed by atoms with Crippen LogP contribution in [0.3, 0.4) is 0 Å². The van der Waals surface area contributed by atoms with E-state index in [-0.39, 0.29) is 11.9 Å². The average Bonchev–Trinajstić information content (AvgIpc) is 2.77. The molecule has 0 N–H and O–H groups in total. The van der Waals surface area contributed by atoms with Gasteiger partial charge in [-0.15, -0.1) is 0 Å². The summed E-state index contributed by atoms with van der Waals surface area (Å²) in [7, 11) is 1.76. The van der Waals surface area contributed by atoms with Crippen LogP contribution in [0.2, 0.25) is 33.0 Å². The second-order valence-electron chi connectivity index (χ2n) is 11.2. The second-order valence-corrected chi connectivity index (χ2v) is 28.6. The Hall–Kier alpha value is 0.636. The summed E-state index contributed by atoms with van der Waals surface area (Å²) >= 11 is -2.32. The Morgan fingerprint density at radius 3 is 1.61 bits per heavy atom. The van der Waals surface area contributed by atoms with Crippen LogP contribution in [0.15, 0.2) is 10.2 Å². The molecule has 0 aromatic heterocycles. The van der Waals surface area contributed by atoms with Crippen molar-refractivity contribution in [1.29, 1.82) is 0 Å². The molecular formula is C28H60O3SiSn. The van der Waals surface area contributed by atoms with Crippen molar-refractivity contribution in [1.82, 2.24) is 0 Å². The molecule has 33 heavy (non-hydrogen) atoms. The van der Waals surface area contributed by atoms with Gasteiger partial charge in [0.25, 0.3) is 0 Å². The number of hydrogen-bond acceptors (Lipinski definition) is 3. The van der Waals surface area contributed by atoms with Crippen LogP contribution in [0.25, 0.3) is 0 Å². The van der Waals surface area contributed by atoms with E-state index in [1.807, 2.05) is 0 Å². The number of ether oxygens (including phenoxy) is 2. The zero-order valence-corrected chi connectivity index (χ0v) is 27.9. The van der Waals surface area contributed by atoms with Gasteiger partial charge in [0.2, 0.25) is 0 Å². The van der Waals surface area contributed by atoms with Crippen molar-refractivity contribution >= 4 is 26.7 Å². The van der Waals surface area contributed by atoms with Crippen LogP contribution in [0.4, 0.5) is 0 Å². The zero-order valence-electron chi connectivity index (χ0n) is 24.1. The minimum absolute atomic E-state index is 0.318. The van der Waals surface area contributed by atoms with Gasteiger partial charge < -0.3 is 0 Å². The van der Waals surface area contributed by atoms with Crippen LogP contribution < -0.4 is 0 Å². The third-order valence-electron chi connectivity index (χ3n) is 6.84. The van der Waals surface area contributed by atoms with E-state index in [2.05, 4.69) is 57.5 Å². The van der Waals surface area contributed by atoms with Gasteiger partial charge in [0.1, 0.15) is 0 Å². The molecule has 0 heterocycles.